The van der Waals surface area contributed by atoms with Gasteiger partial charge in [0, 0.05) is 42.0 Å². The Bertz CT molecular complexity index is 1050. The molecule has 0 aliphatic carbocycles. The number of ether oxygens (including phenoxy) is 1. The average molecular weight is 403 g/mol. The molecule has 1 amide bonds. The van der Waals surface area contributed by atoms with Crippen LogP contribution >= 0.6 is 11.6 Å². The monoisotopic (exact) mass is 402 g/mol. The Morgan fingerprint density at radius 3 is 2.61 bits per heavy atom. The lowest BCUT2D eigenvalue weighted by Crippen LogP contribution is -2.35. The molecule has 0 unspecified atom stereocenters. The van der Waals surface area contributed by atoms with Crippen molar-refractivity contribution in [2.45, 2.75) is 26.9 Å². The second kappa shape index (κ2) is 8.58. The first kappa shape index (κ1) is 20.1. The summed E-state index contributed by atoms with van der Waals surface area (Å²) in [5, 5.41) is 8.96. The fraction of sp³-hybridized carbons (Fsp3) is 0.350. The molecule has 1 N–H and O–H groups in total. The Morgan fingerprint density at radius 2 is 1.93 bits per heavy atom. The van der Waals surface area contributed by atoms with E-state index in [2.05, 4.69) is 15.0 Å². The van der Waals surface area contributed by atoms with Crippen molar-refractivity contribution in [3.63, 3.8) is 0 Å². The van der Waals surface area contributed by atoms with Gasteiger partial charge in [-0.1, -0.05) is 23.7 Å². The maximum atomic E-state index is 12.9. The predicted molar refractivity (Wildman–Crippen MR) is 109 cm³/mol. The molecular formula is C20H23ClN4O3. The highest BCUT2D eigenvalue weighted by Gasteiger charge is 2.17. The summed E-state index contributed by atoms with van der Waals surface area (Å²) in [5.41, 5.74) is 2.63. The van der Waals surface area contributed by atoms with Gasteiger partial charge in [-0.05, 0) is 31.5 Å². The number of fused-ring (bicyclic) bond motifs is 1. The SMILES string of the molecule is COCCNC(=O)Cn1ncc2c(C)n(Cc3ccc(Cl)cc3)c(C)c2c1=O. The summed E-state index contributed by atoms with van der Waals surface area (Å²) >= 11 is 5.96. The number of nitrogens with one attached hydrogen (secondary N) is 1. The van der Waals surface area contributed by atoms with Crippen LogP contribution in [0.4, 0.5) is 0 Å². The molecule has 0 atom stereocenters. The molecule has 148 valence electrons. The van der Waals surface area contributed by atoms with Crippen molar-refractivity contribution in [3.05, 3.63) is 62.8 Å². The topological polar surface area (TPSA) is 78.2 Å². The van der Waals surface area contributed by atoms with Crippen LogP contribution < -0.4 is 10.9 Å². The standard InChI is InChI=1S/C20H23ClN4O3/c1-13-17-10-23-25(12-18(26)22-8-9-28-3)20(27)19(17)14(2)24(13)11-15-4-6-16(21)7-5-15/h4-7,10H,8-9,11-12H2,1-3H3,(H,22,26). The molecule has 2 aromatic heterocycles. The largest absolute Gasteiger partial charge is 0.383 e. The number of hydrogen-bond donors (Lipinski definition) is 1. The highest BCUT2D eigenvalue weighted by molar-refractivity contribution is 6.30. The fourth-order valence-electron chi connectivity index (χ4n) is 3.25. The van der Waals surface area contributed by atoms with E-state index in [1.807, 2.05) is 38.1 Å². The molecule has 0 fully saturated rings. The minimum Gasteiger partial charge on any atom is -0.383 e. The molecule has 3 rings (SSSR count). The van der Waals surface area contributed by atoms with Gasteiger partial charge in [-0.2, -0.15) is 5.10 Å². The summed E-state index contributed by atoms with van der Waals surface area (Å²) in [7, 11) is 1.56. The Balaban J connectivity index is 1.92. The van der Waals surface area contributed by atoms with Gasteiger partial charge in [0.25, 0.3) is 5.56 Å². The molecular weight excluding hydrogens is 380 g/mol. The number of aromatic nitrogens is 3. The summed E-state index contributed by atoms with van der Waals surface area (Å²) in [6.07, 6.45) is 1.65. The maximum absolute atomic E-state index is 12.9. The molecule has 28 heavy (non-hydrogen) atoms. The molecule has 0 saturated heterocycles. The Kier molecular flexibility index (Phi) is 6.16. The summed E-state index contributed by atoms with van der Waals surface area (Å²) in [6, 6.07) is 7.63. The third-order valence-electron chi connectivity index (χ3n) is 4.78. The van der Waals surface area contributed by atoms with E-state index in [1.54, 1.807) is 13.3 Å². The minimum atomic E-state index is -0.277. The zero-order chi connectivity index (χ0) is 20.3. The summed E-state index contributed by atoms with van der Waals surface area (Å²) in [4.78, 5) is 25.0. The third-order valence-corrected chi connectivity index (χ3v) is 5.03. The van der Waals surface area contributed by atoms with Gasteiger partial charge in [0.2, 0.25) is 5.91 Å². The first-order valence-corrected chi connectivity index (χ1v) is 9.35. The Labute approximate surface area is 167 Å². The molecule has 0 saturated carbocycles. The van der Waals surface area contributed by atoms with Crippen LogP contribution in [-0.2, 0) is 22.6 Å². The van der Waals surface area contributed by atoms with E-state index in [0.29, 0.717) is 30.1 Å². The molecule has 3 aromatic rings. The summed E-state index contributed by atoms with van der Waals surface area (Å²) in [6.45, 7) is 5.19. The number of halogens is 1. The fourth-order valence-corrected chi connectivity index (χ4v) is 3.38. The van der Waals surface area contributed by atoms with Crippen molar-refractivity contribution in [1.82, 2.24) is 19.7 Å². The Hall–Kier alpha value is -2.64. The van der Waals surface area contributed by atoms with E-state index in [9.17, 15) is 9.59 Å². The number of carbonyl (C=O) groups is 1. The second-order valence-corrected chi connectivity index (χ2v) is 7.06. The molecule has 7 nitrogen and oxygen atoms in total. The number of rotatable bonds is 7. The van der Waals surface area contributed by atoms with Crippen LogP contribution in [0, 0.1) is 13.8 Å². The maximum Gasteiger partial charge on any atom is 0.276 e. The lowest BCUT2D eigenvalue weighted by molar-refractivity contribution is -0.122. The smallest absolute Gasteiger partial charge is 0.276 e. The third kappa shape index (κ3) is 4.10. The highest BCUT2D eigenvalue weighted by Crippen LogP contribution is 2.23. The lowest BCUT2D eigenvalue weighted by atomic mass is 10.2. The molecule has 1 aromatic carbocycles. The number of methoxy groups -OCH3 is 1. The number of hydrogen-bond acceptors (Lipinski definition) is 4. The van der Waals surface area contributed by atoms with Crippen LogP contribution in [0.5, 0.6) is 0 Å². The van der Waals surface area contributed by atoms with Crippen LogP contribution in [0.1, 0.15) is 17.0 Å². The molecule has 0 bridgehead atoms. The first-order valence-electron chi connectivity index (χ1n) is 8.98. The molecule has 0 aliphatic heterocycles. The van der Waals surface area contributed by atoms with Crippen LogP contribution in [0.25, 0.3) is 10.8 Å². The molecule has 0 spiro atoms. The van der Waals surface area contributed by atoms with Gasteiger partial charge in [0.1, 0.15) is 6.54 Å². The van der Waals surface area contributed by atoms with Crippen molar-refractivity contribution in [1.29, 1.82) is 0 Å². The summed E-state index contributed by atoms with van der Waals surface area (Å²) < 4.78 is 8.18. The number of carbonyl (C=O) groups excluding carboxylic acids is 1. The second-order valence-electron chi connectivity index (χ2n) is 6.62. The Morgan fingerprint density at radius 1 is 1.21 bits per heavy atom. The van der Waals surface area contributed by atoms with Gasteiger partial charge in [-0.15, -0.1) is 0 Å². The van der Waals surface area contributed by atoms with Gasteiger partial charge in [-0.3, -0.25) is 9.59 Å². The number of aryl methyl sites for hydroxylation is 2. The van der Waals surface area contributed by atoms with Crippen LogP contribution in [-0.4, -0.2) is 40.5 Å². The molecule has 2 heterocycles. The predicted octanol–water partition coefficient (Wildman–Crippen LogP) is 2.28. The number of benzene rings is 1. The van der Waals surface area contributed by atoms with E-state index in [0.717, 1.165) is 22.3 Å². The zero-order valence-electron chi connectivity index (χ0n) is 16.2. The van der Waals surface area contributed by atoms with Crippen molar-refractivity contribution >= 4 is 28.3 Å². The van der Waals surface area contributed by atoms with Crippen molar-refractivity contribution in [2.24, 2.45) is 0 Å². The van der Waals surface area contributed by atoms with Crippen LogP contribution in [0.2, 0.25) is 5.02 Å². The van der Waals surface area contributed by atoms with Gasteiger partial charge >= 0.3 is 0 Å². The van der Waals surface area contributed by atoms with E-state index in [4.69, 9.17) is 16.3 Å². The van der Waals surface area contributed by atoms with E-state index < -0.39 is 0 Å². The van der Waals surface area contributed by atoms with Gasteiger partial charge in [0.15, 0.2) is 0 Å². The van der Waals surface area contributed by atoms with Gasteiger partial charge < -0.3 is 14.6 Å². The summed E-state index contributed by atoms with van der Waals surface area (Å²) in [5.74, 6) is -0.277. The normalized spacial score (nSPS) is 11.1. The number of nitrogens with zero attached hydrogens (tertiary/aromatic N) is 3. The van der Waals surface area contributed by atoms with Crippen molar-refractivity contribution < 1.29 is 9.53 Å². The van der Waals surface area contributed by atoms with Crippen molar-refractivity contribution in [3.8, 4) is 0 Å². The van der Waals surface area contributed by atoms with Crippen LogP contribution in [0.3, 0.4) is 0 Å². The first-order chi connectivity index (χ1) is 13.4. The van der Waals surface area contributed by atoms with E-state index >= 15 is 0 Å². The quantitative estimate of drug-likeness (QED) is 0.615. The molecule has 0 aliphatic rings. The average Bonchev–Trinajstić information content (AvgIpc) is 2.91. The number of amides is 1. The lowest BCUT2D eigenvalue weighted by Gasteiger charge is -2.09. The highest BCUT2D eigenvalue weighted by atomic mass is 35.5. The van der Waals surface area contributed by atoms with E-state index in [-0.39, 0.29) is 18.0 Å². The molecule has 8 heteroatoms. The van der Waals surface area contributed by atoms with Crippen molar-refractivity contribution in [2.75, 3.05) is 20.3 Å². The van der Waals surface area contributed by atoms with Gasteiger partial charge in [0.05, 0.1) is 18.2 Å². The van der Waals surface area contributed by atoms with Gasteiger partial charge in [-0.25, -0.2) is 4.68 Å². The minimum absolute atomic E-state index is 0.126. The van der Waals surface area contributed by atoms with Crippen LogP contribution in [0.15, 0.2) is 35.3 Å². The molecule has 0 radical (unpaired) electrons. The van der Waals surface area contributed by atoms with E-state index in [1.165, 1.54) is 4.68 Å². The zero-order valence-corrected chi connectivity index (χ0v) is 16.9.